The summed E-state index contributed by atoms with van der Waals surface area (Å²) in [7, 11) is 0. The van der Waals surface area contributed by atoms with Crippen LogP contribution >= 0.6 is 23.2 Å². The Morgan fingerprint density at radius 3 is 2.14 bits per heavy atom. The van der Waals surface area contributed by atoms with Crippen molar-refractivity contribution in [1.29, 1.82) is 0 Å². The first-order valence-electron chi connectivity index (χ1n) is 15.2. The number of rotatable bonds is 10. The fourth-order valence-electron chi connectivity index (χ4n) is 6.57. The molecule has 2 fully saturated rings. The summed E-state index contributed by atoms with van der Waals surface area (Å²) < 4.78 is 0. The lowest BCUT2D eigenvalue weighted by Gasteiger charge is -2.40. The van der Waals surface area contributed by atoms with E-state index in [0.29, 0.717) is 18.5 Å². The van der Waals surface area contributed by atoms with Crippen molar-refractivity contribution in [3.05, 3.63) is 81.8 Å². The number of halogens is 2. The maximum Gasteiger partial charge on any atom is 0.326 e. The number of amides is 3. The fourth-order valence-corrected chi connectivity index (χ4v) is 7.10. The molecule has 0 bridgehead atoms. The van der Waals surface area contributed by atoms with Crippen molar-refractivity contribution in [2.24, 2.45) is 5.41 Å². The molecule has 1 spiro atoms. The monoisotopic (exact) mass is 637 g/mol. The van der Waals surface area contributed by atoms with Crippen LogP contribution in [0.15, 0.2) is 60.7 Å². The average Bonchev–Trinajstić information content (AvgIpc) is 3.45. The molecule has 3 aromatic rings. The zero-order valence-electron chi connectivity index (χ0n) is 24.5. The first-order chi connectivity index (χ1) is 21.1. The van der Waals surface area contributed by atoms with Gasteiger partial charge in [-0.15, -0.1) is 0 Å². The molecule has 3 N–H and O–H groups in total. The van der Waals surface area contributed by atoms with Crippen molar-refractivity contribution in [2.45, 2.75) is 69.9 Å². The Balaban J connectivity index is 1.25. The number of carboxylic acids is 1. The van der Waals surface area contributed by atoms with Crippen LogP contribution in [-0.4, -0.2) is 58.9 Å². The lowest BCUT2D eigenvalue weighted by molar-refractivity contribution is -0.142. The van der Waals surface area contributed by atoms with Crippen molar-refractivity contribution in [2.75, 3.05) is 13.1 Å². The van der Waals surface area contributed by atoms with Crippen LogP contribution in [-0.2, 0) is 20.8 Å². The maximum absolute atomic E-state index is 13.7. The zero-order chi connectivity index (χ0) is 31.3. The molecule has 1 heterocycles. The van der Waals surface area contributed by atoms with E-state index in [0.717, 1.165) is 29.2 Å². The molecule has 0 radical (unpaired) electrons. The van der Waals surface area contributed by atoms with Crippen molar-refractivity contribution in [3.63, 3.8) is 0 Å². The lowest BCUT2D eigenvalue weighted by Crippen LogP contribution is -2.52. The minimum Gasteiger partial charge on any atom is -0.480 e. The van der Waals surface area contributed by atoms with E-state index < -0.39 is 29.9 Å². The molecule has 1 aliphatic carbocycles. The lowest BCUT2D eigenvalue weighted by atomic mass is 9.77. The number of carboxylic acid groups (broad SMARTS) is 1. The van der Waals surface area contributed by atoms with Crippen LogP contribution in [0, 0.1) is 5.41 Å². The van der Waals surface area contributed by atoms with Crippen molar-refractivity contribution in [1.82, 2.24) is 15.5 Å². The molecule has 3 amide bonds. The van der Waals surface area contributed by atoms with E-state index in [9.17, 15) is 24.3 Å². The molecule has 1 saturated carbocycles. The first kappa shape index (κ1) is 31.8. The van der Waals surface area contributed by atoms with Gasteiger partial charge in [0.05, 0.1) is 0 Å². The molecule has 232 valence electrons. The number of hydrogen-bond donors (Lipinski definition) is 3. The van der Waals surface area contributed by atoms with Gasteiger partial charge in [-0.25, -0.2) is 4.79 Å². The molecule has 3 aromatic carbocycles. The summed E-state index contributed by atoms with van der Waals surface area (Å²) >= 11 is 12.2. The van der Waals surface area contributed by atoms with Crippen molar-refractivity contribution in [3.8, 4) is 0 Å². The first-order valence-corrected chi connectivity index (χ1v) is 15.9. The Morgan fingerprint density at radius 2 is 1.48 bits per heavy atom. The molecule has 10 heteroatoms. The molecule has 5 rings (SSSR count). The molecule has 1 aliphatic heterocycles. The van der Waals surface area contributed by atoms with Gasteiger partial charge in [-0.1, -0.05) is 78.5 Å². The third-order valence-electron chi connectivity index (χ3n) is 9.08. The highest BCUT2D eigenvalue weighted by molar-refractivity contribution is 6.35. The summed E-state index contributed by atoms with van der Waals surface area (Å²) in [5.74, 6) is -2.45. The van der Waals surface area contributed by atoms with Gasteiger partial charge in [0.2, 0.25) is 11.8 Å². The summed E-state index contributed by atoms with van der Waals surface area (Å²) in [4.78, 5) is 53.8. The van der Waals surface area contributed by atoms with Crippen LogP contribution in [0.25, 0.3) is 10.8 Å². The van der Waals surface area contributed by atoms with E-state index in [1.54, 1.807) is 4.90 Å². The van der Waals surface area contributed by atoms with Crippen molar-refractivity contribution >= 4 is 57.7 Å². The fraction of sp³-hybridized carbons (Fsp3) is 0.412. The van der Waals surface area contributed by atoms with Crippen LogP contribution in [0.5, 0.6) is 0 Å². The number of carbonyl (C=O) groups is 4. The van der Waals surface area contributed by atoms with Crippen LogP contribution < -0.4 is 10.6 Å². The molecule has 44 heavy (non-hydrogen) atoms. The Labute approximate surface area is 267 Å². The smallest absolute Gasteiger partial charge is 0.326 e. The number of hydrogen-bond acceptors (Lipinski definition) is 4. The van der Waals surface area contributed by atoms with Gasteiger partial charge in [0, 0.05) is 41.5 Å². The largest absolute Gasteiger partial charge is 0.480 e. The zero-order valence-corrected chi connectivity index (χ0v) is 26.0. The molecular weight excluding hydrogens is 601 g/mol. The van der Waals surface area contributed by atoms with Crippen LogP contribution in [0.2, 0.25) is 10.0 Å². The quantitative estimate of drug-likeness (QED) is 0.251. The molecule has 0 unspecified atom stereocenters. The second-order valence-corrected chi connectivity index (χ2v) is 13.0. The van der Waals surface area contributed by atoms with E-state index in [4.69, 9.17) is 23.2 Å². The molecule has 2 atom stereocenters. The van der Waals surface area contributed by atoms with E-state index in [2.05, 4.69) is 10.6 Å². The van der Waals surface area contributed by atoms with Gasteiger partial charge < -0.3 is 20.6 Å². The van der Waals surface area contributed by atoms with Gasteiger partial charge >= 0.3 is 5.97 Å². The molecular formula is C34H37Cl2N3O5. The van der Waals surface area contributed by atoms with Gasteiger partial charge in [0.1, 0.15) is 12.1 Å². The second-order valence-electron chi connectivity index (χ2n) is 12.1. The number of carbonyl (C=O) groups excluding carboxylic acids is 3. The number of nitrogens with zero attached hydrogens (tertiary/aromatic N) is 1. The molecule has 2 aliphatic rings. The number of nitrogens with one attached hydrogen (secondary N) is 2. The maximum atomic E-state index is 13.7. The second kappa shape index (κ2) is 14.0. The van der Waals surface area contributed by atoms with Crippen LogP contribution in [0.4, 0.5) is 0 Å². The number of benzene rings is 3. The average molecular weight is 639 g/mol. The topological polar surface area (TPSA) is 116 Å². The van der Waals surface area contributed by atoms with E-state index >= 15 is 0 Å². The standard InChI is InChI=1S/C34H37Cl2N3O5/c35-26-19-25(20-27(36)21-26)31(41)38-28(32(42)39-15-13-34(14-16-39)11-3-4-12-34)9-10-30(40)37-29(33(43)44)18-22-7-8-23-5-1-2-6-24(23)17-22/h1-2,5-8,17,19-21,28-29H,3-4,9-16,18H2,(H,37,40)(H,38,41)(H,43,44)/t28-,29-/m1/s1. The predicted octanol–water partition coefficient (Wildman–Crippen LogP) is 6.02. The summed E-state index contributed by atoms with van der Waals surface area (Å²) in [5.41, 5.74) is 1.29. The van der Waals surface area contributed by atoms with E-state index in [-0.39, 0.29) is 40.8 Å². The van der Waals surface area contributed by atoms with Crippen molar-refractivity contribution < 1.29 is 24.3 Å². The molecule has 1 saturated heterocycles. The Morgan fingerprint density at radius 1 is 0.818 bits per heavy atom. The number of piperidine rings is 1. The molecule has 0 aromatic heterocycles. The van der Waals surface area contributed by atoms with Gasteiger partial charge in [-0.3, -0.25) is 14.4 Å². The summed E-state index contributed by atoms with van der Waals surface area (Å²) in [6, 6.07) is 15.8. The number of aliphatic carboxylic acids is 1. The normalized spacial score (nSPS) is 17.3. The summed E-state index contributed by atoms with van der Waals surface area (Å²) in [6.45, 7) is 1.21. The molecule has 8 nitrogen and oxygen atoms in total. The third kappa shape index (κ3) is 7.90. The third-order valence-corrected chi connectivity index (χ3v) is 9.51. The van der Waals surface area contributed by atoms with E-state index in [1.165, 1.54) is 43.9 Å². The highest BCUT2D eigenvalue weighted by Gasteiger charge is 2.39. The Hall–Kier alpha value is -3.62. The minimum absolute atomic E-state index is 0.00859. The highest BCUT2D eigenvalue weighted by Crippen LogP contribution is 2.46. The summed E-state index contributed by atoms with van der Waals surface area (Å²) in [5, 5.41) is 17.8. The van der Waals surface area contributed by atoms with E-state index in [1.807, 2.05) is 42.5 Å². The van der Waals surface area contributed by atoms with Gasteiger partial charge in [0.25, 0.3) is 5.91 Å². The van der Waals surface area contributed by atoms with Gasteiger partial charge in [-0.05, 0) is 72.1 Å². The number of likely N-dealkylation sites (tertiary alicyclic amines) is 1. The van der Waals surface area contributed by atoms with Gasteiger partial charge in [-0.2, -0.15) is 0 Å². The number of fused-ring (bicyclic) bond motifs is 1. The van der Waals surface area contributed by atoms with Crippen LogP contribution in [0.1, 0.15) is 67.3 Å². The van der Waals surface area contributed by atoms with Gasteiger partial charge in [0.15, 0.2) is 0 Å². The Kier molecular flexibility index (Phi) is 10.1. The van der Waals surface area contributed by atoms with Crippen LogP contribution in [0.3, 0.4) is 0 Å². The SMILES string of the molecule is O=C(CC[C@@H](NC(=O)c1cc(Cl)cc(Cl)c1)C(=O)N1CCC2(CCCC2)CC1)N[C@H](Cc1ccc2ccccc2c1)C(=O)O. The Bertz CT molecular complexity index is 1520. The predicted molar refractivity (Wildman–Crippen MR) is 171 cm³/mol. The summed E-state index contributed by atoms with van der Waals surface area (Å²) in [6.07, 6.45) is 6.66. The highest BCUT2D eigenvalue weighted by atomic mass is 35.5. The minimum atomic E-state index is -1.15.